The number of amides is 1. The minimum absolute atomic E-state index is 0.0412. The van der Waals surface area contributed by atoms with Crippen LogP contribution in [0.2, 0.25) is 0 Å². The van der Waals surface area contributed by atoms with E-state index in [1.807, 2.05) is 24.0 Å². The Hall–Kier alpha value is -1.91. The average Bonchev–Trinajstić information content (AvgIpc) is 3.20. The van der Waals surface area contributed by atoms with E-state index in [2.05, 4.69) is 4.98 Å². The second kappa shape index (κ2) is 6.50. The molecule has 1 aliphatic rings. The van der Waals surface area contributed by atoms with Gasteiger partial charge >= 0.3 is 5.97 Å². The van der Waals surface area contributed by atoms with E-state index < -0.39 is 5.97 Å². The molecule has 5 nitrogen and oxygen atoms in total. The number of rotatable bonds is 7. The Bertz CT molecular complexity index is 471. The molecule has 0 bridgehead atoms. The fourth-order valence-corrected chi connectivity index (χ4v) is 2.28. The van der Waals surface area contributed by atoms with Crippen LogP contribution in [0.1, 0.15) is 38.2 Å². The van der Waals surface area contributed by atoms with Crippen LogP contribution < -0.4 is 0 Å². The predicted molar refractivity (Wildman–Crippen MR) is 73.8 cm³/mol. The van der Waals surface area contributed by atoms with Gasteiger partial charge in [0.15, 0.2) is 0 Å². The van der Waals surface area contributed by atoms with Crippen molar-refractivity contribution in [1.29, 1.82) is 0 Å². The molecule has 1 aromatic heterocycles. The average molecular weight is 276 g/mol. The van der Waals surface area contributed by atoms with Crippen molar-refractivity contribution < 1.29 is 14.7 Å². The third-order valence-corrected chi connectivity index (χ3v) is 3.46. The molecule has 1 aliphatic carbocycles. The van der Waals surface area contributed by atoms with Gasteiger partial charge < -0.3 is 10.0 Å². The van der Waals surface area contributed by atoms with Crippen LogP contribution >= 0.6 is 0 Å². The molecule has 1 amide bonds. The lowest BCUT2D eigenvalue weighted by Crippen LogP contribution is -2.33. The number of hydrogen-bond donors (Lipinski definition) is 1. The number of aliphatic carboxylic acids is 1. The molecule has 20 heavy (non-hydrogen) atoms. The van der Waals surface area contributed by atoms with Crippen LogP contribution in [0, 0.1) is 5.92 Å². The van der Waals surface area contributed by atoms with Crippen molar-refractivity contribution in [3.63, 3.8) is 0 Å². The van der Waals surface area contributed by atoms with E-state index in [0.29, 0.717) is 19.0 Å². The summed E-state index contributed by atoms with van der Waals surface area (Å²) in [6, 6.07) is 4.14. The Morgan fingerprint density at radius 1 is 1.35 bits per heavy atom. The van der Waals surface area contributed by atoms with Crippen molar-refractivity contribution in [1.82, 2.24) is 9.88 Å². The van der Waals surface area contributed by atoms with Crippen LogP contribution in [0.4, 0.5) is 0 Å². The molecule has 0 aromatic carbocycles. The molecule has 0 aliphatic heterocycles. The van der Waals surface area contributed by atoms with Gasteiger partial charge in [0.1, 0.15) is 0 Å². The zero-order valence-electron chi connectivity index (χ0n) is 11.7. The number of carboxylic acids is 1. The fourth-order valence-electron chi connectivity index (χ4n) is 2.28. The molecule has 1 saturated carbocycles. The number of aromatic nitrogens is 1. The zero-order valence-corrected chi connectivity index (χ0v) is 11.7. The van der Waals surface area contributed by atoms with Gasteiger partial charge in [-0.15, -0.1) is 0 Å². The molecule has 1 N–H and O–H groups in total. The van der Waals surface area contributed by atoms with Crippen LogP contribution in [0.3, 0.4) is 0 Å². The molecule has 108 valence electrons. The largest absolute Gasteiger partial charge is 0.481 e. The highest BCUT2D eigenvalue weighted by Crippen LogP contribution is 2.29. The molecule has 1 aromatic rings. The van der Waals surface area contributed by atoms with Crippen LogP contribution in [0.15, 0.2) is 24.5 Å². The number of hydrogen-bond acceptors (Lipinski definition) is 3. The maximum Gasteiger partial charge on any atom is 0.303 e. The van der Waals surface area contributed by atoms with Gasteiger partial charge in [0.2, 0.25) is 5.91 Å². The van der Waals surface area contributed by atoms with Crippen LogP contribution in [-0.2, 0) is 16.1 Å². The van der Waals surface area contributed by atoms with E-state index in [-0.39, 0.29) is 18.2 Å². The Balaban J connectivity index is 1.94. The first kappa shape index (κ1) is 14.5. The highest BCUT2D eigenvalue weighted by atomic mass is 16.4. The predicted octanol–water partition coefficient (Wildman–Crippen LogP) is 2.07. The maximum atomic E-state index is 12.3. The van der Waals surface area contributed by atoms with Crippen LogP contribution in [0.5, 0.6) is 0 Å². The normalized spacial score (nSPS) is 15.7. The SMILES string of the molecule is CC(CC(=O)O)CC(=O)N(Cc1ccncc1)C1CC1. The zero-order chi connectivity index (χ0) is 14.5. The molecule has 1 fully saturated rings. The summed E-state index contributed by atoms with van der Waals surface area (Å²) in [4.78, 5) is 28.9. The number of carboxylic acid groups (broad SMARTS) is 1. The van der Waals surface area contributed by atoms with E-state index in [9.17, 15) is 9.59 Å². The second-order valence-corrected chi connectivity index (χ2v) is 5.52. The molecule has 5 heteroatoms. The minimum atomic E-state index is -0.850. The molecule has 0 radical (unpaired) electrons. The lowest BCUT2D eigenvalue weighted by molar-refractivity contribution is -0.138. The monoisotopic (exact) mass is 276 g/mol. The van der Waals surface area contributed by atoms with Crippen molar-refractivity contribution in [2.45, 2.75) is 45.2 Å². The molecule has 0 saturated heterocycles. The van der Waals surface area contributed by atoms with Crippen molar-refractivity contribution in [2.24, 2.45) is 5.92 Å². The molecule has 1 heterocycles. The summed E-state index contributed by atoms with van der Waals surface area (Å²) >= 11 is 0. The molecule has 0 spiro atoms. The Labute approximate surface area is 118 Å². The van der Waals surface area contributed by atoms with Crippen molar-refractivity contribution in [3.8, 4) is 0 Å². The summed E-state index contributed by atoms with van der Waals surface area (Å²) in [7, 11) is 0. The highest BCUT2D eigenvalue weighted by Gasteiger charge is 2.33. The Morgan fingerprint density at radius 2 is 2.00 bits per heavy atom. The molecular formula is C15H20N2O3. The topological polar surface area (TPSA) is 70.5 Å². The molecular weight excluding hydrogens is 256 g/mol. The Kier molecular flexibility index (Phi) is 4.71. The van der Waals surface area contributed by atoms with Gasteiger partial charge in [0.05, 0.1) is 0 Å². The van der Waals surface area contributed by atoms with E-state index in [4.69, 9.17) is 5.11 Å². The Morgan fingerprint density at radius 3 is 2.55 bits per heavy atom. The van der Waals surface area contributed by atoms with Crippen molar-refractivity contribution >= 4 is 11.9 Å². The second-order valence-electron chi connectivity index (χ2n) is 5.52. The summed E-state index contributed by atoms with van der Waals surface area (Å²) in [6.45, 7) is 2.40. The first-order valence-corrected chi connectivity index (χ1v) is 6.96. The van der Waals surface area contributed by atoms with Gasteiger partial charge in [-0.1, -0.05) is 6.92 Å². The molecule has 1 unspecified atom stereocenters. The van der Waals surface area contributed by atoms with Crippen molar-refractivity contribution in [2.75, 3.05) is 0 Å². The number of carbonyl (C=O) groups is 2. The first-order valence-electron chi connectivity index (χ1n) is 6.96. The number of pyridine rings is 1. The standard InChI is InChI=1S/C15H20N2O3/c1-11(9-15(19)20)8-14(18)17(13-2-3-13)10-12-4-6-16-7-5-12/h4-7,11,13H,2-3,8-10H2,1H3,(H,19,20). The minimum Gasteiger partial charge on any atom is -0.481 e. The summed E-state index contributed by atoms with van der Waals surface area (Å²) in [5.41, 5.74) is 1.06. The quantitative estimate of drug-likeness (QED) is 0.827. The first-order chi connectivity index (χ1) is 9.56. The summed E-state index contributed by atoms with van der Waals surface area (Å²) < 4.78 is 0. The third kappa shape index (κ3) is 4.33. The van der Waals surface area contributed by atoms with Gasteiger partial charge in [-0.2, -0.15) is 0 Å². The van der Waals surface area contributed by atoms with E-state index >= 15 is 0 Å². The number of nitrogens with zero attached hydrogens (tertiary/aromatic N) is 2. The van der Waals surface area contributed by atoms with Crippen LogP contribution in [-0.4, -0.2) is 32.9 Å². The van der Waals surface area contributed by atoms with E-state index in [0.717, 1.165) is 18.4 Å². The van der Waals surface area contributed by atoms with Gasteiger partial charge in [0, 0.05) is 37.8 Å². The maximum absolute atomic E-state index is 12.3. The van der Waals surface area contributed by atoms with E-state index in [1.165, 1.54) is 0 Å². The van der Waals surface area contributed by atoms with Crippen LogP contribution in [0.25, 0.3) is 0 Å². The third-order valence-electron chi connectivity index (χ3n) is 3.46. The van der Waals surface area contributed by atoms with E-state index in [1.54, 1.807) is 12.4 Å². The lowest BCUT2D eigenvalue weighted by Gasteiger charge is -2.24. The molecule has 2 rings (SSSR count). The summed E-state index contributed by atoms with van der Waals surface area (Å²) in [6.07, 6.45) is 5.87. The molecule has 1 atom stereocenters. The van der Waals surface area contributed by atoms with Gasteiger partial charge in [-0.25, -0.2) is 0 Å². The smallest absolute Gasteiger partial charge is 0.303 e. The summed E-state index contributed by atoms with van der Waals surface area (Å²) in [5.74, 6) is -0.922. The fraction of sp³-hybridized carbons (Fsp3) is 0.533. The van der Waals surface area contributed by atoms with Gasteiger partial charge in [-0.05, 0) is 36.5 Å². The van der Waals surface area contributed by atoms with Crippen molar-refractivity contribution in [3.05, 3.63) is 30.1 Å². The number of carbonyl (C=O) groups excluding carboxylic acids is 1. The van der Waals surface area contributed by atoms with Gasteiger partial charge in [-0.3, -0.25) is 14.6 Å². The van der Waals surface area contributed by atoms with Gasteiger partial charge in [0.25, 0.3) is 0 Å². The lowest BCUT2D eigenvalue weighted by atomic mass is 10.0. The summed E-state index contributed by atoms with van der Waals surface area (Å²) in [5, 5.41) is 8.76. The highest BCUT2D eigenvalue weighted by molar-refractivity contribution is 5.78.